The quantitative estimate of drug-likeness (QED) is 0.443. The van der Waals surface area contributed by atoms with Crippen LogP contribution in [0.3, 0.4) is 0 Å². The van der Waals surface area contributed by atoms with Crippen LogP contribution in [0.2, 0.25) is 0 Å². The molecule has 1 aliphatic rings. The Hall–Kier alpha value is -2.54. The number of nitro benzene ring substituents is 1. The monoisotopic (exact) mass is 385 g/mol. The Labute approximate surface area is 163 Å². The van der Waals surface area contributed by atoms with Crippen LogP contribution in [0.1, 0.15) is 25.7 Å². The van der Waals surface area contributed by atoms with Gasteiger partial charge in [-0.2, -0.15) is 0 Å². The standard InChI is InChI=1S/C20H23N3O3S/c24-20(15-27-17-11-9-16(10-12-17)23(25)26)21-18-7-3-4-8-19(18)22-13-5-1-2-6-14-22/h3-4,7-12H,1-2,5-6,13-15H2,(H,21,24). The molecule has 3 rings (SSSR count). The topological polar surface area (TPSA) is 75.5 Å². The summed E-state index contributed by atoms with van der Waals surface area (Å²) < 4.78 is 0. The third kappa shape index (κ3) is 5.47. The molecule has 0 atom stereocenters. The number of hydrogen-bond acceptors (Lipinski definition) is 5. The number of carbonyl (C=O) groups excluding carboxylic acids is 1. The Bertz CT molecular complexity index is 787. The molecule has 0 radical (unpaired) electrons. The number of para-hydroxylation sites is 2. The molecule has 27 heavy (non-hydrogen) atoms. The van der Waals surface area contributed by atoms with E-state index >= 15 is 0 Å². The molecule has 1 heterocycles. The van der Waals surface area contributed by atoms with E-state index in [1.807, 2.05) is 18.2 Å². The molecule has 142 valence electrons. The van der Waals surface area contributed by atoms with E-state index in [0.717, 1.165) is 29.4 Å². The van der Waals surface area contributed by atoms with Crippen LogP contribution in [0.5, 0.6) is 0 Å². The molecule has 0 spiro atoms. The van der Waals surface area contributed by atoms with Crippen molar-refractivity contribution >= 4 is 34.7 Å². The van der Waals surface area contributed by atoms with E-state index in [-0.39, 0.29) is 17.3 Å². The minimum atomic E-state index is -0.430. The Morgan fingerprint density at radius 3 is 2.37 bits per heavy atom. The van der Waals surface area contributed by atoms with Gasteiger partial charge in [-0.15, -0.1) is 11.8 Å². The largest absolute Gasteiger partial charge is 0.370 e. The molecular formula is C20H23N3O3S. The van der Waals surface area contributed by atoms with Crippen molar-refractivity contribution in [3.8, 4) is 0 Å². The minimum absolute atomic E-state index is 0.0511. The average Bonchev–Trinajstić information content (AvgIpc) is 2.96. The smallest absolute Gasteiger partial charge is 0.269 e. The van der Waals surface area contributed by atoms with Crippen LogP contribution in [0.15, 0.2) is 53.4 Å². The van der Waals surface area contributed by atoms with Crippen molar-refractivity contribution in [1.29, 1.82) is 0 Å². The van der Waals surface area contributed by atoms with E-state index in [1.54, 1.807) is 12.1 Å². The van der Waals surface area contributed by atoms with E-state index in [1.165, 1.54) is 49.6 Å². The number of nitrogens with zero attached hydrogens (tertiary/aromatic N) is 2. The molecule has 1 amide bonds. The highest BCUT2D eigenvalue weighted by molar-refractivity contribution is 8.00. The summed E-state index contributed by atoms with van der Waals surface area (Å²) in [4.78, 5) is 25.9. The number of hydrogen-bond donors (Lipinski definition) is 1. The molecule has 0 bridgehead atoms. The molecule has 0 unspecified atom stereocenters. The van der Waals surface area contributed by atoms with Crippen molar-refractivity contribution in [2.75, 3.05) is 29.1 Å². The summed E-state index contributed by atoms with van der Waals surface area (Å²) in [6.45, 7) is 2.04. The molecule has 6 nitrogen and oxygen atoms in total. The molecule has 0 aliphatic carbocycles. The molecule has 2 aromatic carbocycles. The summed E-state index contributed by atoms with van der Waals surface area (Å²) in [7, 11) is 0. The van der Waals surface area contributed by atoms with E-state index in [9.17, 15) is 14.9 Å². The molecular weight excluding hydrogens is 362 g/mol. The molecule has 1 N–H and O–H groups in total. The third-order valence-electron chi connectivity index (χ3n) is 4.54. The first-order valence-electron chi connectivity index (χ1n) is 9.14. The number of anilines is 2. The number of amides is 1. The lowest BCUT2D eigenvalue weighted by Crippen LogP contribution is -2.26. The average molecular weight is 385 g/mol. The highest BCUT2D eigenvalue weighted by atomic mass is 32.2. The number of carbonyl (C=O) groups is 1. The van der Waals surface area contributed by atoms with E-state index < -0.39 is 4.92 Å². The second-order valence-electron chi connectivity index (χ2n) is 6.51. The molecule has 0 saturated carbocycles. The zero-order valence-electron chi connectivity index (χ0n) is 15.1. The summed E-state index contributed by atoms with van der Waals surface area (Å²) in [5.74, 6) is 0.173. The van der Waals surface area contributed by atoms with Crippen LogP contribution >= 0.6 is 11.8 Å². The van der Waals surface area contributed by atoms with Gasteiger partial charge in [0.1, 0.15) is 0 Å². The van der Waals surface area contributed by atoms with Crippen LogP contribution in [0.4, 0.5) is 17.1 Å². The number of non-ortho nitro benzene ring substituents is 1. The molecule has 0 aromatic heterocycles. The molecule has 7 heteroatoms. The number of nitro groups is 1. The molecule has 1 fully saturated rings. The fourth-order valence-corrected chi connectivity index (χ4v) is 3.86. The second kappa shape index (κ2) is 9.41. The lowest BCUT2D eigenvalue weighted by molar-refractivity contribution is -0.384. The number of rotatable bonds is 6. The van der Waals surface area contributed by atoms with Crippen LogP contribution < -0.4 is 10.2 Å². The van der Waals surface area contributed by atoms with Gasteiger partial charge in [-0.25, -0.2) is 0 Å². The number of thioether (sulfide) groups is 1. The first-order valence-corrected chi connectivity index (χ1v) is 10.1. The summed E-state index contributed by atoms with van der Waals surface area (Å²) in [5, 5.41) is 13.7. The zero-order valence-corrected chi connectivity index (χ0v) is 15.9. The predicted molar refractivity (Wildman–Crippen MR) is 110 cm³/mol. The highest BCUT2D eigenvalue weighted by Gasteiger charge is 2.15. The third-order valence-corrected chi connectivity index (χ3v) is 5.55. The van der Waals surface area contributed by atoms with Crippen molar-refractivity contribution < 1.29 is 9.72 Å². The predicted octanol–water partition coefficient (Wildman–Crippen LogP) is 4.71. The van der Waals surface area contributed by atoms with Gasteiger partial charge in [0.15, 0.2) is 0 Å². The first-order chi connectivity index (χ1) is 13.1. The van der Waals surface area contributed by atoms with Gasteiger partial charge < -0.3 is 10.2 Å². The van der Waals surface area contributed by atoms with Crippen LogP contribution in [-0.2, 0) is 4.79 Å². The van der Waals surface area contributed by atoms with E-state index in [4.69, 9.17) is 0 Å². The SMILES string of the molecule is O=C(CSc1ccc([N+](=O)[O-])cc1)Nc1ccccc1N1CCCCCC1. The van der Waals surface area contributed by atoms with Gasteiger partial charge in [0.05, 0.1) is 22.1 Å². The fourth-order valence-electron chi connectivity index (χ4n) is 3.17. The molecule has 1 aliphatic heterocycles. The van der Waals surface area contributed by atoms with Gasteiger partial charge in [0, 0.05) is 30.1 Å². The Kier molecular flexibility index (Phi) is 6.70. The van der Waals surface area contributed by atoms with Crippen LogP contribution in [0, 0.1) is 10.1 Å². The molecule has 2 aromatic rings. The Balaban J connectivity index is 1.60. The lowest BCUT2D eigenvalue weighted by Gasteiger charge is -2.25. The van der Waals surface area contributed by atoms with E-state index in [2.05, 4.69) is 16.3 Å². The lowest BCUT2D eigenvalue weighted by atomic mass is 10.2. The van der Waals surface area contributed by atoms with Gasteiger partial charge in [0.25, 0.3) is 5.69 Å². The van der Waals surface area contributed by atoms with Gasteiger partial charge in [-0.05, 0) is 37.1 Å². The maximum Gasteiger partial charge on any atom is 0.269 e. The summed E-state index contributed by atoms with van der Waals surface area (Å²) in [6.07, 6.45) is 4.88. The van der Waals surface area contributed by atoms with Crippen molar-refractivity contribution in [2.45, 2.75) is 30.6 Å². The van der Waals surface area contributed by atoms with Crippen LogP contribution in [0.25, 0.3) is 0 Å². The maximum atomic E-state index is 12.4. The normalized spacial score (nSPS) is 14.4. The Morgan fingerprint density at radius 2 is 1.70 bits per heavy atom. The van der Waals surface area contributed by atoms with Crippen molar-refractivity contribution in [2.24, 2.45) is 0 Å². The highest BCUT2D eigenvalue weighted by Crippen LogP contribution is 2.28. The minimum Gasteiger partial charge on any atom is -0.370 e. The van der Waals surface area contributed by atoms with Gasteiger partial charge in [-0.1, -0.05) is 25.0 Å². The first kappa shape index (κ1) is 19.2. The Morgan fingerprint density at radius 1 is 1.04 bits per heavy atom. The fraction of sp³-hybridized carbons (Fsp3) is 0.350. The number of benzene rings is 2. The van der Waals surface area contributed by atoms with Crippen LogP contribution in [-0.4, -0.2) is 29.7 Å². The summed E-state index contributed by atoms with van der Waals surface area (Å²) >= 11 is 1.36. The van der Waals surface area contributed by atoms with Gasteiger partial charge in [-0.3, -0.25) is 14.9 Å². The van der Waals surface area contributed by atoms with Gasteiger partial charge in [0.2, 0.25) is 5.91 Å². The van der Waals surface area contributed by atoms with Crippen molar-refractivity contribution in [3.63, 3.8) is 0 Å². The number of nitrogens with one attached hydrogen (secondary N) is 1. The zero-order chi connectivity index (χ0) is 19.1. The van der Waals surface area contributed by atoms with Crippen molar-refractivity contribution in [3.05, 3.63) is 58.6 Å². The van der Waals surface area contributed by atoms with Gasteiger partial charge >= 0.3 is 0 Å². The second-order valence-corrected chi connectivity index (χ2v) is 7.56. The molecule has 1 saturated heterocycles. The summed E-state index contributed by atoms with van der Waals surface area (Å²) in [6, 6.07) is 14.2. The van der Waals surface area contributed by atoms with E-state index in [0.29, 0.717) is 0 Å². The summed E-state index contributed by atoms with van der Waals surface area (Å²) in [5.41, 5.74) is 1.97. The maximum absolute atomic E-state index is 12.4. The van der Waals surface area contributed by atoms with Crippen molar-refractivity contribution in [1.82, 2.24) is 0 Å².